The molecule has 4 rings (SSSR count). The van der Waals surface area contributed by atoms with E-state index in [1.54, 1.807) is 0 Å². The molecule has 2 aromatic heterocycles. The number of fused-ring (bicyclic) bond motifs is 1. The van der Waals surface area contributed by atoms with Crippen LogP contribution in [0.2, 0.25) is 0 Å². The zero-order valence-electron chi connectivity index (χ0n) is 18.3. The number of H-pyrrole nitrogens is 1. The lowest BCUT2D eigenvalue weighted by Crippen LogP contribution is -2.47. The molecular formula is C23H26N8O2. The van der Waals surface area contributed by atoms with Gasteiger partial charge in [-0.05, 0) is 49.6 Å². The van der Waals surface area contributed by atoms with Crippen LogP contribution in [0.3, 0.4) is 0 Å². The number of primary amides is 2. The fourth-order valence-corrected chi connectivity index (χ4v) is 4.11. The van der Waals surface area contributed by atoms with Gasteiger partial charge < -0.3 is 21.4 Å². The number of aryl methyl sites for hydroxylation is 1. The highest BCUT2D eigenvalue weighted by molar-refractivity contribution is 5.96. The molecule has 0 radical (unpaired) electrons. The molecule has 1 saturated heterocycles. The molecule has 0 saturated carbocycles. The minimum atomic E-state index is -0.723. The number of nitrogens with zero attached hydrogens (tertiary/aromatic N) is 5. The summed E-state index contributed by atoms with van der Waals surface area (Å²) in [6.07, 6.45) is 5.10. The molecule has 0 bridgehead atoms. The number of nitriles is 1. The lowest BCUT2D eigenvalue weighted by Gasteiger charge is -2.34. The quantitative estimate of drug-likeness (QED) is 0.438. The highest BCUT2D eigenvalue weighted by Gasteiger charge is 2.21. The summed E-state index contributed by atoms with van der Waals surface area (Å²) in [6.45, 7) is 4.00. The van der Waals surface area contributed by atoms with Gasteiger partial charge in [0.15, 0.2) is 0 Å². The maximum Gasteiger partial charge on any atom is 0.267 e. The van der Waals surface area contributed by atoms with E-state index in [1.165, 1.54) is 11.6 Å². The van der Waals surface area contributed by atoms with Crippen molar-refractivity contribution in [1.82, 2.24) is 19.9 Å². The van der Waals surface area contributed by atoms with Crippen molar-refractivity contribution in [3.63, 3.8) is 0 Å². The van der Waals surface area contributed by atoms with Gasteiger partial charge in [0.05, 0.1) is 11.6 Å². The molecule has 1 aliphatic rings. The summed E-state index contributed by atoms with van der Waals surface area (Å²) in [5.74, 6) is -1.14. The molecule has 10 heteroatoms. The van der Waals surface area contributed by atoms with Crippen molar-refractivity contribution in [3.8, 4) is 6.07 Å². The van der Waals surface area contributed by atoms with Crippen molar-refractivity contribution in [2.45, 2.75) is 19.3 Å². The Morgan fingerprint density at radius 3 is 2.36 bits per heavy atom. The number of carbonyl (C=O) groups is 2. The number of hydrogen-bond acceptors (Lipinski definition) is 7. The fraction of sp³-hybridized carbons (Fsp3) is 0.348. The molecule has 2 amide bonds. The van der Waals surface area contributed by atoms with Crippen molar-refractivity contribution < 1.29 is 9.59 Å². The normalized spacial score (nSPS) is 14.3. The van der Waals surface area contributed by atoms with Crippen molar-refractivity contribution in [1.29, 1.82) is 5.26 Å². The molecule has 170 valence electrons. The largest absolute Gasteiger partial charge is 0.364 e. The van der Waals surface area contributed by atoms with Crippen molar-refractivity contribution in [2.75, 3.05) is 37.6 Å². The number of nitrogens with two attached hydrogens (primary N) is 2. The fourth-order valence-electron chi connectivity index (χ4n) is 4.11. The van der Waals surface area contributed by atoms with E-state index in [0.29, 0.717) is 24.6 Å². The lowest BCUT2D eigenvalue weighted by molar-refractivity contribution is 0.0995. The van der Waals surface area contributed by atoms with Crippen molar-refractivity contribution in [3.05, 3.63) is 53.0 Å². The predicted molar refractivity (Wildman–Crippen MR) is 124 cm³/mol. The number of unbranched alkanes of at least 4 members (excludes halogenated alkanes) is 1. The second-order valence-electron chi connectivity index (χ2n) is 8.14. The Morgan fingerprint density at radius 2 is 1.73 bits per heavy atom. The summed E-state index contributed by atoms with van der Waals surface area (Å²) in [6, 6.07) is 9.14. The van der Waals surface area contributed by atoms with Gasteiger partial charge in [-0.1, -0.05) is 0 Å². The van der Waals surface area contributed by atoms with Gasteiger partial charge in [-0.2, -0.15) is 5.26 Å². The second-order valence-corrected chi connectivity index (χ2v) is 8.14. The number of carbonyl (C=O) groups excluding carboxylic acids is 2. The Kier molecular flexibility index (Phi) is 6.51. The average Bonchev–Trinajstić information content (AvgIpc) is 3.24. The van der Waals surface area contributed by atoms with Crippen molar-refractivity contribution in [2.24, 2.45) is 11.5 Å². The molecule has 1 aromatic carbocycles. The van der Waals surface area contributed by atoms with E-state index in [2.05, 4.69) is 25.9 Å². The summed E-state index contributed by atoms with van der Waals surface area (Å²) in [5, 5.41) is 10.3. The average molecular weight is 447 g/mol. The predicted octanol–water partition coefficient (Wildman–Crippen LogP) is 1.17. The first-order chi connectivity index (χ1) is 15.9. The van der Waals surface area contributed by atoms with E-state index >= 15 is 0 Å². The SMILES string of the molecule is N#Cc1ccc2[nH]cc(CCCCN3CCN(c4nc(C(N)=O)cc(C(N)=O)n4)CC3)c2c1. The molecule has 33 heavy (non-hydrogen) atoms. The molecule has 0 unspecified atom stereocenters. The van der Waals surface area contributed by atoms with E-state index in [9.17, 15) is 9.59 Å². The van der Waals surface area contributed by atoms with Crippen LogP contribution in [0, 0.1) is 11.3 Å². The highest BCUT2D eigenvalue weighted by atomic mass is 16.1. The van der Waals surface area contributed by atoms with E-state index in [-0.39, 0.29) is 11.4 Å². The van der Waals surface area contributed by atoms with Crippen LogP contribution in [0.1, 0.15) is 44.9 Å². The van der Waals surface area contributed by atoms with Crippen LogP contribution in [0.4, 0.5) is 5.95 Å². The third kappa shape index (κ3) is 5.10. The van der Waals surface area contributed by atoms with Gasteiger partial charge in [0, 0.05) is 49.3 Å². The molecule has 3 heterocycles. The number of rotatable bonds is 8. The summed E-state index contributed by atoms with van der Waals surface area (Å²) in [7, 11) is 0. The standard InChI is InChI=1S/C23H26N8O2/c24-13-15-4-5-18-17(11-15)16(14-27-18)3-1-2-6-30-7-9-31(10-8-30)23-28-19(21(25)32)12-20(29-23)22(26)33/h4-5,11-12,14,27H,1-3,6-10H2,(H2,25,32)(H2,26,33). The number of hydrogen-bond donors (Lipinski definition) is 3. The molecule has 0 atom stereocenters. The van der Waals surface area contributed by atoms with Crippen LogP contribution >= 0.6 is 0 Å². The second kappa shape index (κ2) is 9.67. The summed E-state index contributed by atoms with van der Waals surface area (Å²) >= 11 is 0. The third-order valence-corrected chi connectivity index (χ3v) is 5.94. The summed E-state index contributed by atoms with van der Waals surface area (Å²) in [4.78, 5) is 39.1. The smallest absolute Gasteiger partial charge is 0.267 e. The molecule has 5 N–H and O–H groups in total. The van der Waals surface area contributed by atoms with E-state index in [4.69, 9.17) is 16.7 Å². The number of anilines is 1. The third-order valence-electron chi connectivity index (χ3n) is 5.94. The van der Waals surface area contributed by atoms with Crippen LogP contribution in [0.15, 0.2) is 30.5 Å². The van der Waals surface area contributed by atoms with Crippen LogP contribution in [-0.4, -0.2) is 64.4 Å². The Hall–Kier alpha value is -3.97. The Bertz CT molecular complexity index is 1190. The van der Waals surface area contributed by atoms with Gasteiger partial charge in [-0.25, -0.2) is 9.97 Å². The van der Waals surface area contributed by atoms with Gasteiger partial charge in [-0.15, -0.1) is 0 Å². The maximum absolute atomic E-state index is 11.5. The number of aromatic amines is 1. The number of benzene rings is 1. The molecule has 1 aliphatic heterocycles. The molecule has 0 aliphatic carbocycles. The first kappa shape index (κ1) is 22.2. The minimum absolute atomic E-state index is 0.0181. The zero-order valence-corrected chi connectivity index (χ0v) is 18.3. The Balaban J connectivity index is 1.28. The first-order valence-electron chi connectivity index (χ1n) is 10.9. The molecule has 10 nitrogen and oxygen atoms in total. The monoisotopic (exact) mass is 446 g/mol. The highest BCUT2D eigenvalue weighted by Crippen LogP contribution is 2.21. The minimum Gasteiger partial charge on any atom is -0.364 e. The Morgan fingerprint density at radius 1 is 1.03 bits per heavy atom. The maximum atomic E-state index is 11.5. The molecule has 0 spiro atoms. The van der Waals surface area contributed by atoms with Gasteiger partial charge in [-0.3, -0.25) is 14.5 Å². The number of amides is 2. The van der Waals surface area contributed by atoms with Gasteiger partial charge >= 0.3 is 0 Å². The van der Waals surface area contributed by atoms with Gasteiger partial charge in [0.25, 0.3) is 11.8 Å². The van der Waals surface area contributed by atoms with Crippen LogP contribution in [-0.2, 0) is 6.42 Å². The van der Waals surface area contributed by atoms with E-state index < -0.39 is 11.8 Å². The topological polar surface area (TPSA) is 158 Å². The molecular weight excluding hydrogens is 420 g/mol. The zero-order chi connectivity index (χ0) is 23.4. The van der Waals surface area contributed by atoms with E-state index in [0.717, 1.165) is 49.8 Å². The van der Waals surface area contributed by atoms with Crippen molar-refractivity contribution >= 4 is 28.7 Å². The summed E-state index contributed by atoms with van der Waals surface area (Å²) < 4.78 is 0. The Labute approximate surface area is 191 Å². The van der Waals surface area contributed by atoms with Crippen LogP contribution < -0.4 is 16.4 Å². The molecule has 1 fully saturated rings. The summed E-state index contributed by atoms with van der Waals surface area (Å²) in [5.41, 5.74) is 13.6. The van der Waals surface area contributed by atoms with Gasteiger partial charge in [0.1, 0.15) is 11.4 Å². The van der Waals surface area contributed by atoms with Crippen LogP contribution in [0.25, 0.3) is 10.9 Å². The van der Waals surface area contributed by atoms with E-state index in [1.807, 2.05) is 29.3 Å². The first-order valence-corrected chi connectivity index (χ1v) is 10.9. The van der Waals surface area contributed by atoms with Crippen LogP contribution in [0.5, 0.6) is 0 Å². The number of nitrogens with one attached hydrogen (secondary N) is 1. The molecule has 3 aromatic rings. The number of piperazine rings is 1. The lowest BCUT2D eigenvalue weighted by atomic mass is 10.1. The number of aromatic nitrogens is 3. The van der Waals surface area contributed by atoms with Gasteiger partial charge in [0.2, 0.25) is 5.95 Å².